The Morgan fingerprint density at radius 3 is 2.77 bits per heavy atom. The van der Waals surface area contributed by atoms with Crippen molar-refractivity contribution >= 4 is 33.3 Å². The SMILES string of the molecule is O=C(CCBr)c1ccc(O)c(Cl)c1. The van der Waals surface area contributed by atoms with Gasteiger partial charge in [0, 0.05) is 17.3 Å². The normalized spacial score (nSPS) is 10.0. The molecule has 0 fully saturated rings. The molecule has 0 heterocycles. The zero-order valence-electron chi connectivity index (χ0n) is 6.76. The van der Waals surface area contributed by atoms with Gasteiger partial charge in [-0.15, -0.1) is 0 Å². The molecule has 0 aromatic heterocycles. The maximum Gasteiger partial charge on any atom is 0.163 e. The van der Waals surface area contributed by atoms with Gasteiger partial charge in [0.15, 0.2) is 5.78 Å². The average Bonchev–Trinajstić information content (AvgIpc) is 2.10. The fourth-order valence-corrected chi connectivity index (χ4v) is 1.45. The van der Waals surface area contributed by atoms with Crippen LogP contribution < -0.4 is 0 Å². The highest BCUT2D eigenvalue weighted by atomic mass is 79.9. The number of rotatable bonds is 3. The zero-order valence-corrected chi connectivity index (χ0v) is 9.10. The first-order valence-electron chi connectivity index (χ1n) is 3.73. The van der Waals surface area contributed by atoms with Crippen LogP contribution in [0.4, 0.5) is 0 Å². The van der Waals surface area contributed by atoms with E-state index in [1.807, 2.05) is 0 Å². The second-order valence-corrected chi connectivity index (χ2v) is 3.73. The van der Waals surface area contributed by atoms with E-state index in [0.29, 0.717) is 17.3 Å². The van der Waals surface area contributed by atoms with Gasteiger partial charge in [-0.05, 0) is 18.2 Å². The van der Waals surface area contributed by atoms with Crippen LogP contribution in [0, 0.1) is 0 Å². The molecular weight excluding hydrogens is 255 g/mol. The number of phenolic OH excluding ortho intramolecular Hbond substituents is 1. The van der Waals surface area contributed by atoms with Crippen LogP contribution in [-0.2, 0) is 0 Å². The Hall–Kier alpha value is -0.540. The quantitative estimate of drug-likeness (QED) is 0.672. The molecule has 13 heavy (non-hydrogen) atoms. The molecule has 0 saturated carbocycles. The van der Waals surface area contributed by atoms with E-state index in [0.717, 1.165) is 0 Å². The molecule has 0 amide bonds. The molecule has 1 N–H and O–H groups in total. The second-order valence-electron chi connectivity index (χ2n) is 2.53. The van der Waals surface area contributed by atoms with Gasteiger partial charge >= 0.3 is 0 Å². The summed E-state index contributed by atoms with van der Waals surface area (Å²) in [6.07, 6.45) is 0.432. The van der Waals surface area contributed by atoms with Crippen molar-refractivity contribution < 1.29 is 9.90 Å². The Morgan fingerprint density at radius 1 is 1.54 bits per heavy atom. The summed E-state index contributed by atoms with van der Waals surface area (Å²) >= 11 is 8.82. The van der Waals surface area contributed by atoms with Crippen LogP contribution in [-0.4, -0.2) is 16.2 Å². The summed E-state index contributed by atoms with van der Waals surface area (Å²) < 4.78 is 0. The van der Waals surface area contributed by atoms with Gasteiger partial charge in [0.2, 0.25) is 0 Å². The number of hydrogen-bond donors (Lipinski definition) is 1. The van der Waals surface area contributed by atoms with Gasteiger partial charge in [0.1, 0.15) is 5.75 Å². The number of phenols is 1. The van der Waals surface area contributed by atoms with Crippen LogP contribution in [0.15, 0.2) is 18.2 Å². The van der Waals surface area contributed by atoms with Crippen LogP contribution in [0.3, 0.4) is 0 Å². The first kappa shape index (κ1) is 10.5. The number of aromatic hydroxyl groups is 1. The van der Waals surface area contributed by atoms with Gasteiger partial charge in [-0.1, -0.05) is 27.5 Å². The lowest BCUT2D eigenvalue weighted by molar-refractivity contribution is 0.0990. The first-order chi connectivity index (χ1) is 6.15. The molecule has 0 atom stereocenters. The molecule has 1 aromatic rings. The monoisotopic (exact) mass is 262 g/mol. The third-order valence-corrected chi connectivity index (χ3v) is 2.29. The predicted octanol–water partition coefficient (Wildman–Crippen LogP) is 3.01. The topological polar surface area (TPSA) is 37.3 Å². The standard InChI is InChI=1S/C9H8BrClO2/c10-4-3-8(12)6-1-2-9(13)7(11)5-6/h1-2,5,13H,3-4H2. The molecule has 1 rings (SSSR count). The summed E-state index contributed by atoms with van der Waals surface area (Å²) in [7, 11) is 0. The summed E-state index contributed by atoms with van der Waals surface area (Å²) in [5.41, 5.74) is 0.530. The van der Waals surface area contributed by atoms with Crippen LogP contribution in [0.25, 0.3) is 0 Å². The molecule has 0 radical (unpaired) electrons. The Labute approximate surface area is 89.7 Å². The van der Waals surface area contributed by atoms with Crippen molar-refractivity contribution in [1.82, 2.24) is 0 Å². The van der Waals surface area contributed by atoms with Crippen molar-refractivity contribution in [2.75, 3.05) is 5.33 Å². The number of ketones is 1. The minimum absolute atomic E-state index is 0.00272. The van der Waals surface area contributed by atoms with Gasteiger partial charge in [0.05, 0.1) is 5.02 Å². The Kier molecular flexibility index (Phi) is 3.75. The van der Waals surface area contributed by atoms with Crippen molar-refractivity contribution in [3.8, 4) is 5.75 Å². The first-order valence-corrected chi connectivity index (χ1v) is 5.22. The number of carbonyl (C=O) groups excluding carboxylic acids is 1. The number of alkyl halides is 1. The Morgan fingerprint density at radius 2 is 2.23 bits per heavy atom. The van der Waals surface area contributed by atoms with Gasteiger partial charge in [0.25, 0.3) is 0 Å². The van der Waals surface area contributed by atoms with Gasteiger partial charge < -0.3 is 5.11 Å². The smallest absolute Gasteiger partial charge is 0.163 e. The number of Topliss-reactive ketones (excluding diaryl/α,β-unsaturated/α-hetero) is 1. The average molecular weight is 264 g/mol. The van der Waals surface area contributed by atoms with E-state index >= 15 is 0 Å². The summed E-state index contributed by atoms with van der Waals surface area (Å²) in [5.74, 6) is 0.0100. The van der Waals surface area contributed by atoms with Crippen molar-refractivity contribution in [1.29, 1.82) is 0 Å². The molecule has 0 saturated heterocycles. The fraction of sp³-hybridized carbons (Fsp3) is 0.222. The summed E-state index contributed by atoms with van der Waals surface area (Å²) in [6.45, 7) is 0. The molecule has 0 spiro atoms. The highest BCUT2D eigenvalue weighted by Gasteiger charge is 2.06. The highest BCUT2D eigenvalue weighted by Crippen LogP contribution is 2.24. The summed E-state index contributed by atoms with van der Waals surface area (Å²) in [6, 6.07) is 4.46. The van der Waals surface area contributed by atoms with E-state index in [4.69, 9.17) is 16.7 Å². The minimum atomic E-state index is -0.00272. The van der Waals surface area contributed by atoms with E-state index in [1.165, 1.54) is 12.1 Å². The molecule has 1 aromatic carbocycles. The third kappa shape index (κ3) is 2.71. The van der Waals surface area contributed by atoms with E-state index < -0.39 is 0 Å². The molecule has 0 bridgehead atoms. The molecule has 4 heteroatoms. The lowest BCUT2D eigenvalue weighted by atomic mass is 10.1. The zero-order chi connectivity index (χ0) is 9.84. The van der Waals surface area contributed by atoms with E-state index in [1.54, 1.807) is 6.07 Å². The van der Waals surface area contributed by atoms with Gasteiger partial charge in [-0.3, -0.25) is 4.79 Å². The van der Waals surface area contributed by atoms with Crippen LogP contribution in [0.5, 0.6) is 5.75 Å². The maximum absolute atomic E-state index is 11.3. The number of carbonyl (C=O) groups is 1. The van der Waals surface area contributed by atoms with Gasteiger partial charge in [-0.25, -0.2) is 0 Å². The maximum atomic E-state index is 11.3. The van der Waals surface area contributed by atoms with Crippen LogP contribution in [0.1, 0.15) is 16.8 Å². The largest absolute Gasteiger partial charge is 0.506 e. The molecular formula is C9H8BrClO2. The van der Waals surface area contributed by atoms with Crippen molar-refractivity contribution in [2.24, 2.45) is 0 Å². The van der Waals surface area contributed by atoms with Crippen LogP contribution in [0.2, 0.25) is 5.02 Å². The van der Waals surface area contributed by atoms with Crippen molar-refractivity contribution in [3.63, 3.8) is 0 Å². The van der Waals surface area contributed by atoms with Crippen LogP contribution >= 0.6 is 27.5 Å². The molecule has 0 unspecified atom stereocenters. The Bertz CT molecular complexity index is 325. The number of benzene rings is 1. The van der Waals surface area contributed by atoms with E-state index in [2.05, 4.69) is 15.9 Å². The molecule has 0 aliphatic carbocycles. The fourth-order valence-electron chi connectivity index (χ4n) is 0.911. The van der Waals surface area contributed by atoms with Crippen molar-refractivity contribution in [2.45, 2.75) is 6.42 Å². The lowest BCUT2D eigenvalue weighted by Gasteiger charge is -2.00. The molecule has 70 valence electrons. The molecule has 2 nitrogen and oxygen atoms in total. The number of hydrogen-bond acceptors (Lipinski definition) is 2. The highest BCUT2D eigenvalue weighted by molar-refractivity contribution is 9.09. The predicted molar refractivity (Wildman–Crippen MR) is 55.9 cm³/mol. The van der Waals surface area contributed by atoms with Crippen molar-refractivity contribution in [3.05, 3.63) is 28.8 Å². The summed E-state index contributed by atoms with van der Waals surface area (Å²) in [4.78, 5) is 11.3. The number of halogens is 2. The van der Waals surface area contributed by atoms with Gasteiger partial charge in [-0.2, -0.15) is 0 Å². The van der Waals surface area contributed by atoms with E-state index in [9.17, 15) is 4.79 Å². The minimum Gasteiger partial charge on any atom is -0.506 e. The second kappa shape index (κ2) is 4.63. The molecule has 0 aliphatic heterocycles. The Balaban J connectivity index is 2.90. The lowest BCUT2D eigenvalue weighted by Crippen LogP contribution is -1.98. The third-order valence-electron chi connectivity index (χ3n) is 1.59. The van der Waals surface area contributed by atoms with E-state index in [-0.39, 0.29) is 16.6 Å². The summed E-state index contributed by atoms with van der Waals surface area (Å²) in [5, 5.41) is 9.94. The molecule has 0 aliphatic rings.